The zero-order chi connectivity index (χ0) is 67.2. The molecule has 0 radical (unpaired) electrons. The summed E-state index contributed by atoms with van der Waals surface area (Å²) in [4.78, 5) is 72.4. The van der Waals surface area contributed by atoms with Crippen molar-refractivity contribution in [1.29, 1.82) is 0 Å². The summed E-state index contributed by atoms with van der Waals surface area (Å²) in [6.07, 6.45) is 50.1. The third-order valence-corrected chi connectivity index (χ3v) is 18.6. The van der Waals surface area contributed by atoms with Crippen molar-refractivity contribution in [1.82, 2.24) is 0 Å². The van der Waals surface area contributed by atoms with E-state index in [0.29, 0.717) is 25.7 Å². The minimum absolute atomic E-state index is 0.105. The van der Waals surface area contributed by atoms with Gasteiger partial charge in [-0.25, -0.2) is 9.13 Å². The van der Waals surface area contributed by atoms with Gasteiger partial charge in [0.25, 0.3) is 0 Å². The van der Waals surface area contributed by atoms with Crippen LogP contribution in [0.1, 0.15) is 369 Å². The smallest absolute Gasteiger partial charge is 0.462 e. The number of ether oxygens (including phenoxy) is 4. The van der Waals surface area contributed by atoms with E-state index in [1.807, 2.05) is 0 Å². The lowest BCUT2D eigenvalue weighted by Crippen LogP contribution is -2.30. The van der Waals surface area contributed by atoms with Crippen LogP contribution in [0.15, 0.2) is 0 Å². The maximum atomic E-state index is 13.1. The Hall–Kier alpha value is -1.94. The molecule has 0 rings (SSSR count). The third-order valence-electron chi connectivity index (χ3n) is 16.7. The second-order valence-corrected chi connectivity index (χ2v) is 29.8. The number of hydrogen-bond donors (Lipinski definition) is 3. The molecule has 0 aliphatic rings. The molecule has 0 bridgehead atoms. The Morgan fingerprint density at radius 2 is 0.505 bits per heavy atom. The molecule has 3 N–H and O–H groups in total. The Balaban J connectivity index is 5.17. The molecule has 0 saturated carbocycles. The first-order valence-electron chi connectivity index (χ1n) is 37.5. The monoisotopic (exact) mass is 1340 g/mol. The number of esters is 4. The first kappa shape index (κ1) is 89.1. The van der Waals surface area contributed by atoms with E-state index in [9.17, 15) is 43.2 Å². The number of phosphoric ester groups is 2. The number of phosphoric acid groups is 2. The zero-order valence-corrected chi connectivity index (χ0v) is 60.9. The molecule has 0 aromatic carbocycles. The van der Waals surface area contributed by atoms with E-state index >= 15 is 0 Å². The maximum absolute atomic E-state index is 13.1. The van der Waals surface area contributed by atoms with Gasteiger partial charge in [0.2, 0.25) is 0 Å². The summed E-state index contributed by atoms with van der Waals surface area (Å²) in [5, 5.41) is 10.6. The molecule has 5 atom stereocenters. The van der Waals surface area contributed by atoms with Gasteiger partial charge in [0.05, 0.1) is 26.4 Å². The Morgan fingerprint density at radius 1 is 0.297 bits per heavy atom. The van der Waals surface area contributed by atoms with Crippen molar-refractivity contribution in [2.45, 2.75) is 387 Å². The third kappa shape index (κ3) is 66.5. The minimum atomic E-state index is -4.95. The van der Waals surface area contributed by atoms with Crippen molar-refractivity contribution in [3.63, 3.8) is 0 Å². The number of rotatable bonds is 71. The van der Waals surface area contributed by atoms with Crippen LogP contribution < -0.4 is 0 Å². The van der Waals surface area contributed by atoms with Crippen molar-refractivity contribution in [2.24, 2.45) is 11.8 Å². The predicted octanol–water partition coefficient (Wildman–Crippen LogP) is 20.8. The summed E-state index contributed by atoms with van der Waals surface area (Å²) in [5.41, 5.74) is 0. The lowest BCUT2D eigenvalue weighted by Gasteiger charge is -2.21. The first-order valence-corrected chi connectivity index (χ1v) is 40.5. The van der Waals surface area contributed by atoms with Gasteiger partial charge < -0.3 is 33.8 Å². The summed E-state index contributed by atoms with van der Waals surface area (Å²) in [6.45, 7) is 9.56. The molecule has 17 nitrogen and oxygen atoms in total. The van der Waals surface area contributed by atoms with E-state index in [2.05, 4.69) is 41.5 Å². The van der Waals surface area contributed by atoms with Crippen LogP contribution in [0.4, 0.5) is 0 Å². The highest BCUT2D eigenvalue weighted by atomic mass is 31.2. The van der Waals surface area contributed by atoms with E-state index in [-0.39, 0.29) is 25.7 Å². The Bertz CT molecular complexity index is 1770. The number of aliphatic hydroxyl groups is 1. The number of aliphatic hydroxyl groups excluding tert-OH is 1. The molecular weight excluding hydrogens is 1200 g/mol. The minimum Gasteiger partial charge on any atom is -0.462 e. The Morgan fingerprint density at radius 3 is 0.747 bits per heavy atom. The van der Waals surface area contributed by atoms with Crippen molar-refractivity contribution >= 4 is 39.5 Å². The van der Waals surface area contributed by atoms with Crippen LogP contribution in [0.25, 0.3) is 0 Å². The second kappa shape index (κ2) is 64.1. The van der Waals surface area contributed by atoms with Crippen LogP contribution in [0.5, 0.6) is 0 Å². The van der Waals surface area contributed by atoms with Gasteiger partial charge in [0.1, 0.15) is 19.3 Å². The summed E-state index contributed by atoms with van der Waals surface area (Å²) in [7, 11) is -9.89. The largest absolute Gasteiger partial charge is 0.472 e. The Labute approximate surface area is 556 Å². The quantitative estimate of drug-likeness (QED) is 0.0222. The number of carbonyl (C=O) groups is 4. The summed E-state index contributed by atoms with van der Waals surface area (Å²) in [6, 6.07) is 0. The van der Waals surface area contributed by atoms with Gasteiger partial charge in [-0.1, -0.05) is 318 Å². The molecule has 0 aromatic heterocycles. The Kier molecular flexibility index (Phi) is 62.7. The first-order chi connectivity index (χ1) is 43.9. The molecule has 19 heteroatoms. The van der Waals surface area contributed by atoms with Crippen LogP contribution in [0, 0.1) is 11.8 Å². The van der Waals surface area contributed by atoms with E-state index in [4.69, 9.17) is 37.0 Å². The molecule has 0 amide bonds. The number of carbonyl (C=O) groups excluding carboxylic acids is 4. The van der Waals surface area contributed by atoms with Crippen molar-refractivity contribution < 1.29 is 80.2 Å². The van der Waals surface area contributed by atoms with Gasteiger partial charge in [-0.3, -0.25) is 37.3 Å². The lowest BCUT2D eigenvalue weighted by atomic mass is 10.0. The summed E-state index contributed by atoms with van der Waals surface area (Å²) in [5.74, 6) is -0.526. The molecular formula is C72H140O17P2. The van der Waals surface area contributed by atoms with Crippen LogP contribution >= 0.6 is 15.6 Å². The molecule has 0 heterocycles. The maximum Gasteiger partial charge on any atom is 0.472 e. The van der Waals surface area contributed by atoms with Crippen LogP contribution in [-0.2, 0) is 65.4 Å². The van der Waals surface area contributed by atoms with E-state index in [1.165, 1.54) is 173 Å². The number of hydrogen-bond acceptors (Lipinski definition) is 15. The molecule has 0 aromatic rings. The van der Waals surface area contributed by atoms with Crippen molar-refractivity contribution in [3.05, 3.63) is 0 Å². The van der Waals surface area contributed by atoms with Crippen molar-refractivity contribution in [3.8, 4) is 0 Å². The molecule has 0 spiro atoms. The molecule has 2 unspecified atom stereocenters. The zero-order valence-electron chi connectivity index (χ0n) is 59.1. The lowest BCUT2D eigenvalue weighted by molar-refractivity contribution is -0.161. The van der Waals surface area contributed by atoms with Crippen LogP contribution in [-0.4, -0.2) is 96.7 Å². The fraction of sp³-hybridized carbons (Fsp3) is 0.944. The van der Waals surface area contributed by atoms with E-state index in [0.717, 1.165) is 115 Å². The molecule has 0 aliphatic heterocycles. The predicted molar refractivity (Wildman–Crippen MR) is 368 cm³/mol. The van der Waals surface area contributed by atoms with Crippen LogP contribution in [0.3, 0.4) is 0 Å². The standard InChI is InChI=1S/C72H140O17P2/c1-7-9-11-13-15-36-42-48-54-69(74)82-60-67(88-71(76)56-50-44-37-16-14-12-10-8-2)62-86-90(78,79)84-58-66(73)59-85-91(80,81)87-63-68(61-83-70(75)55-49-43-38-32-28-25-21-23-27-31-35-41-47-53-65(5)6)89-72(77)57-51-45-39-33-29-24-20-18-17-19-22-26-30-34-40-46-52-64(3)4/h64-68,73H,7-63H2,1-6H3,(H,78,79)(H,80,81)/t66-,67+,68+/m0/s1. The molecule has 540 valence electrons. The van der Waals surface area contributed by atoms with Crippen LogP contribution in [0.2, 0.25) is 0 Å². The second-order valence-electron chi connectivity index (χ2n) is 26.9. The molecule has 91 heavy (non-hydrogen) atoms. The topological polar surface area (TPSA) is 237 Å². The van der Waals surface area contributed by atoms with E-state index < -0.39 is 97.5 Å². The van der Waals surface area contributed by atoms with Gasteiger partial charge in [-0.15, -0.1) is 0 Å². The van der Waals surface area contributed by atoms with Gasteiger partial charge >= 0.3 is 39.5 Å². The fourth-order valence-corrected chi connectivity index (χ4v) is 12.5. The van der Waals surface area contributed by atoms with E-state index in [1.54, 1.807) is 0 Å². The molecule has 0 fully saturated rings. The van der Waals surface area contributed by atoms with Gasteiger partial charge in [-0.05, 0) is 37.5 Å². The van der Waals surface area contributed by atoms with Gasteiger partial charge in [0, 0.05) is 25.7 Å². The van der Waals surface area contributed by atoms with Gasteiger partial charge in [-0.2, -0.15) is 0 Å². The highest BCUT2D eigenvalue weighted by Crippen LogP contribution is 2.45. The molecule has 0 aliphatic carbocycles. The average molecular weight is 1340 g/mol. The highest BCUT2D eigenvalue weighted by molar-refractivity contribution is 7.47. The fourth-order valence-electron chi connectivity index (χ4n) is 10.9. The van der Waals surface area contributed by atoms with Crippen molar-refractivity contribution in [2.75, 3.05) is 39.6 Å². The summed E-state index contributed by atoms with van der Waals surface area (Å²) < 4.78 is 68.2. The normalized spacial score (nSPS) is 14.1. The SMILES string of the molecule is CCCCCCCCCCC(=O)OC[C@H](COP(=O)(O)OC[C@H](O)COP(=O)(O)OC[C@@H](COC(=O)CCCCCCCCCCCCCCCC(C)C)OC(=O)CCCCCCCCCCCCCCCCCCC(C)C)OC(=O)CCCCCCCCCC. The highest BCUT2D eigenvalue weighted by Gasteiger charge is 2.30. The summed E-state index contributed by atoms with van der Waals surface area (Å²) >= 11 is 0. The number of unbranched alkanes of at least 4 members (excludes halogenated alkanes) is 41. The average Bonchev–Trinajstić information content (AvgIpc) is 3.49. The van der Waals surface area contributed by atoms with Gasteiger partial charge in [0.15, 0.2) is 12.2 Å². The molecule has 0 saturated heterocycles.